The molecule has 1 unspecified atom stereocenters. The van der Waals surface area contributed by atoms with Gasteiger partial charge in [0.2, 0.25) is 5.91 Å². The number of carboxylic acid groups (broad SMARTS) is 1. The average Bonchev–Trinajstić information content (AvgIpc) is 2.65. The number of carbonyl (C=O) groups is 2. The van der Waals surface area contributed by atoms with Crippen LogP contribution in [0.25, 0.3) is 0 Å². The van der Waals surface area contributed by atoms with Gasteiger partial charge in [0, 0.05) is 12.2 Å². The summed E-state index contributed by atoms with van der Waals surface area (Å²) in [5.41, 5.74) is 0. The lowest BCUT2D eigenvalue weighted by atomic mass is 10.0. The van der Waals surface area contributed by atoms with Crippen LogP contribution in [0.4, 0.5) is 0 Å². The molecule has 1 rings (SSSR count). The highest BCUT2D eigenvalue weighted by molar-refractivity contribution is 7.99. The van der Waals surface area contributed by atoms with Crippen LogP contribution in [-0.2, 0) is 9.59 Å². The smallest absolute Gasteiger partial charge is 0.327 e. The number of aliphatic carboxylic acids is 1. The van der Waals surface area contributed by atoms with E-state index in [0.717, 1.165) is 6.42 Å². The van der Waals surface area contributed by atoms with Crippen molar-refractivity contribution < 1.29 is 14.7 Å². The monoisotopic (exact) mass is 231 g/mol. The quantitative estimate of drug-likeness (QED) is 0.794. The van der Waals surface area contributed by atoms with Gasteiger partial charge in [0.05, 0.1) is 5.88 Å². The summed E-state index contributed by atoms with van der Waals surface area (Å²) in [6.07, 6.45) is 1.41. The topological polar surface area (TPSA) is 57.6 Å². The number of rotatable bonds is 4. The third kappa shape index (κ3) is 3.12. The highest BCUT2D eigenvalue weighted by atomic mass is 32.2. The van der Waals surface area contributed by atoms with Crippen LogP contribution in [0.2, 0.25) is 0 Å². The maximum Gasteiger partial charge on any atom is 0.327 e. The molecule has 86 valence electrons. The molecule has 4 nitrogen and oxygen atoms in total. The molecule has 0 spiro atoms. The van der Waals surface area contributed by atoms with E-state index in [0.29, 0.717) is 24.0 Å². The molecule has 1 fully saturated rings. The summed E-state index contributed by atoms with van der Waals surface area (Å²) in [7, 11) is 0. The first-order valence-corrected chi connectivity index (χ1v) is 6.31. The van der Waals surface area contributed by atoms with Gasteiger partial charge in [-0.05, 0) is 5.92 Å². The predicted molar refractivity (Wildman–Crippen MR) is 59.7 cm³/mol. The zero-order valence-corrected chi connectivity index (χ0v) is 9.92. The maximum atomic E-state index is 11.8. The molecular formula is C10H17NO3S. The molecule has 0 bridgehead atoms. The average molecular weight is 231 g/mol. The minimum atomic E-state index is -0.891. The summed E-state index contributed by atoms with van der Waals surface area (Å²) in [6, 6.07) is -0.619. The Kier molecular flexibility index (Phi) is 4.45. The Balaban J connectivity index is 2.55. The molecule has 0 aromatic heterocycles. The fourth-order valence-corrected chi connectivity index (χ4v) is 2.62. The molecule has 0 aromatic rings. The maximum absolute atomic E-state index is 11.8. The van der Waals surface area contributed by atoms with Crippen molar-refractivity contribution in [2.45, 2.75) is 32.7 Å². The van der Waals surface area contributed by atoms with Gasteiger partial charge in [0.25, 0.3) is 0 Å². The molecule has 1 amide bonds. The van der Waals surface area contributed by atoms with E-state index in [1.807, 2.05) is 13.8 Å². The molecule has 0 radical (unpaired) electrons. The van der Waals surface area contributed by atoms with Crippen molar-refractivity contribution in [3.05, 3.63) is 0 Å². The molecule has 1 aliphatic rings. The third-order valence-corrected chi connectivity index (χ3v) is 3.72. The summed E-state index contributed by atoms with van der Waals surface area (Å²) >= 11 is 1.51. The van der Waals surface area contributed by atoms with Crippen molar-refractivity contribution in [2.75, 3.05) is 11.6 Å². The lowest BCUT2D eigenvalue weighted by Gasteiger charge is -2.21. The molecule has 1 aliphatic heterocycles. The second-order valence-electron chi connectivity index (χ2n) is 3.93. The van der Waals surface area contributed by atoms with Crippen molar-refractivity contribution in [1.82, 2.24) is 4.90 Å². The number of carbonyl (C=O) groups excluding carboxylic acids is 1. The molecule has 1 N–H and O–H groups in total. The van der Waals surface area contributed by atoms with Gasteiger partial charge < -0.3 is 10.0 Å². The Morgan fingerprint density at radius 3 is 2.80 bits per heavy atom. The van der Waals surface area contributed by atoms with Crippen LogP contribution in [0, 0.1) is 5.92 Å². The van der Waals surface area contributed by atoms with Gasteiger partial charge >= 0.3 is 5.97 Å². The lowest BCUT2D eigenvalue weighted by molar-refractivity contribution is -0.148. The van der Waals surface area contributed by atoms with E-state index in [9.17, 15) is 9.59 Å². The zero-order chi connectivity index (χ0) is 11.4. The van der Waals surface area contributed by atoms with Crippen molar-refractivity contribution in [3.8, 4) is 0 Å². The summed E-state index contributed by atoms with van der Waals surface area (Å²) in [5.74, 6) is 0.449. The number of hydrogen-bond donors (Lipinski definition) is 1. The lowest BCUT2D eigenvalue weighted by Crippen LogP contribution is -2.42. The van der Waals surface area contributed by atoms with Crippen molar-refractivity contribution in [2.24, 2.45) is 5.92 Å². The van der Waals surface area contributed by atoms with Crippen LogP contribution in [0.5, 0.6) is 0 Å². The Hall–Kier alpha value is -0.710. The number of thioether (sulfide) groups is 1. The Morgan fingerprint density at radius 1 is 1.60 bits per heavy atom. The van der Waals surface area contributed by atoms with E-state index in [2.05, 4.69) is 0 Å². The number of nitrogens with zero attached hydrogens (tertiary/aromatic N) is 1. The number of amides is 1. The summed E-state index contributed by atoms with van der Waals surface area (Å²) in [6.45, 7) is 4.04. The van der Waals surface area contributed by atoms with Gasteiger partial charge in [-0.1, -0.05) is 20.3 Å². The largest absolute Gasteiger partial charge is 0.480 e. The van der Waals surface area contributed by atoms with Crippen LogP contribution in [-0.4, -0.2) is 39.6 Å². The normalized spacial score (nSPS) is 22.8. The number of hydrogen-bond acceptors (Lipinski definition) is 3. The standard InChI is InChI=1S/C10H17NO3S/c1-3-7(2)4-9(12)11-6-15-5-8(11)10(13)14/h7-8H,3-6H2,1-2H3,(H,13,14)/t7?,8-/m0/s1. The first kappa shape index (κ1) is 12.4. The van der Waals surface area contributed by atoms with Crippen LogP contribution in [0.1, 0.15) is 26.7 Å². The summed E-state index contributed by atoms with van der Waals surface area (Å²) in [4.78, 5) is 24.1. The Morgan fingerprint density at radius 2 is 2.27 bits per heavy atom. The van der Waals surface area contributed by atoms with E-state index in [1.54, 1.807) is 0 Å². The molecule has 1 heterocycles. The van der Waals surface area contributed by atoms with Gasteiger partial charge in [-0.25, -0.2) is 4.79 Å². The van der Waals surface area contributed by atoms with Crippen molar-refractivity contribution in [3.63, 3.8) is 0 Å². The van der Waals surface area contributed by atoms with Gasteiger partial charge in [-0.15, -0.1) is 11.8 Å². The van der Waals surface area contributed by atoms with E-state index < -0.39 is 12.0 Å². The molecule has 0 saturated carbocycles. The minimum Gasteiger partial charge on any atom is -0.480 e. The summed E-state index contributed by atoms with van der Waals surface area (Å²) < 4.78 is 0. The minimum absolute atomic E-state index is 0.0262. The zero-order valence-electron chi connectivity index (χ0n) is 9.10. The molecule has 5 heteroatoms. The van der Waals surface area contributed by atoms with Crippen LogP contribution in [0.3, 0.4) is 0 Å². The first-order chi connectivity index (χ1) is 7.06. The molecule has 2 atom stereocenters. The molecule has 15 heavy (non-hydrogen) atoms. The molecule has 1 saturated heterocycles. The van der Waals surface area contributed by atoms with Crippen molar-refractivity contribution in [1.29, 1.82) is 0 Å². The fraction of sp³-hybridized carbons (Fsp3) is 0.800. The van der Waals surface area contributed by atoms with Crippen LogP contribution >= 0.6 is 11.8 Å². The van der Waals surface area contributed by atoms with E-state index in [4.69, 9.17) is 5.11 Å². The van der Waals surface area contributed by atoms with Crippen LogP contribution < -0.4 is 0 Å². The van der Waals surface area contributed by atoms with Gasteiger partial charge in [-0.2, -0.15) is 0 Å². The highest BCUT2D eigenvalue weighted by Crippen LogP contribution is 2.23. The van der Waals surface area contributed by atoms with Gasteiger partial charge in [0.15, 0.2) is 0 Å². The van der Waals surface area contributed by atoms with Crippen molar-refractivity contribution >= 4 is 23.6 Å². The first-order valence-electron chi connectivity index (χ1n) is 5.16. The Bertz CT molecular complexity index is 257. The Labute approximate surface area is 94.0 Å². The third-order valence-electron chi connectivity index (χ3n) is 2.71. The van der Waals surface area contributed by atoms with Gasteiger partial charge in [0.1, 0.15) is 6.04 Å². The summed E-state index contributed by atoms with van der Waals surface area (Å²) in [5, 5.41) is 8.92. The predicted octanol–water partition coefficient (Wildman–Crippen LogP) is 1.41. The molecular weight excluding hydrogens is 214 g/mol. The van der Waals surface area contributed by atoms with Gasteiger partial charge in [-0.3, -0.25) is 4.79 Å². The second-order valence-corrected chi connectivity index (χ2v) is 4.93. The second kappa shape index (κ2) is 5.39. The number of carboxylic acids is 1. The van der Waals surface area contributed by atoms with E-state index in [-0.39, 0.29) is 5.91 Å². The van der Waals surface area contributed by atoms with E-state index in [1.165, 1.54) is 16.7 Å². The van der Waals surface area contributed by atoms with E-state index >= 15 is 0 Å². The highest BCUT2D eigenvalue weighted by Gasteiger charge is 2.34. The molecule has 0 aromatic carbocycles. The SMILES string of the molecule is CCC(C)CC(=O)N1CSC[C@H]1C(=O)O. The molecule has 0 aliphatic carbocycles. The van der Waals surface area contributed by atoms with Crippen LogP contribution in [0.15, 0.2) is 0 Å². The fourth-order valence-electron chi connectivity index (χ4n) is 1.45.